The third-order valence-corrected chi connectivity index (χ3v) is 4.90. The molecule has 0 amide bonds. The highest BCUT2D eigenvalue weighted by atomic mass is 32.2. The van der Waals surface area contributed by atoms with E-state index in [0.717, 1.165) is 36.7 Å². The van der Waals surface area contributed by atoms with Crippen molar-refractivity contribution in [1.82, 2.24) is 0 Å². The summed E-state index contributed by atoms with van der Waals surface area (Å²) in [6, 6.07) is 2.26. The van der Waals surface area contributed by atoms with Crippen molar-refractivity contribution < 1.29 is 23.4 Å². The molecule has 0 bridgehead atoms. The average molecular weight is 302 g/mol. The SMILES string of the molecule is COC(=O)CC1(CSc2c(F)cc(CO)cc2F)CC1. The molecule has 0 aliphatic heterocycles. The number of carbonyl (C=O) groups excluding carboxylic acids is 1. The standard InChI is InChI=1S/C14H16F2O3S/c1-19-12(18)6-14(2-3-14)8-20-13-10(15)4-9(7-17)5-11(13)16/h4-5,17H,2-3,6-8H2,1H3. The first-order chi connectivity index (χ1) is 9.49. The maximum atomic E-state index is 13.8. The Morgan fingerprint density at radius 2 is 2.00 bits per heavy atom. The molecule has 1 N–H and O–H groups in total. The predicted octanol–water partition coefficient (Wildman–Crippen LogP) is 2.89. The van der Waals surface area contributed by atoms with Crippen LogP contribution in [-0.2, 0) is 16.1 Å². The van der Waals surface area contributed by atoms with Gasteiger partial charge in [-0.2, -0.15) is 0 Å². The summed E-state index contributed by atoms with van der Waals surface area (Å²) in [4.78, 5) is 11.2. The average Bonchev–Trinajstić information content (AvgIpc) is 3.17. The molecule has 1 aromatic rings. The predicted molar refractivity (Wildman–Crippen MR) is 71.3 cm³/mol. The lowest BCUT2D eigenvalue weighted by atomic mass is 10.1. The number of halogens is 2. The van der Waals surface area contributed by atoms with E-state index in [1.54, 1.807) is 0 Å². The number of thioether (sulfide) groups is 1. The molecule has 0 aromatic heterocycles. The van der Waals surface area contributed by atoms with Crippen LogP contribution in [0.15, 0.2) is 17.0 Å². The molecular formula is C14H16F2O3S. The topological polar surface area (TPSA) is 46.5 Å². The van der Waals surface area contributed by atoms with Gasteiger partial charge in [-0.05, 0) is 36.0 Å². The van der Waals surface area contributed by atoms with E-state index in [1.165, 1.54) is 7.11 Å². The molecule has 1 aromatic carbocycles. The van der Waals surface area contributed by atoms with Crippen LogP contribution in [0.4, 0.5) is 8.78 Å². The number of ether oxygens (including phenoxy) is 1. The zero-order valence-electron chi connectivity index (χ0n) is 11.1. The molecule has 110 valence electrons. The normalized spacial score (nSPS) is 16.0. The van der Waals surface area contributed by atoms with Crippen molar-refractivity contribution in [3.63, 3.8) is 0 Å². The summed E-state index contributed by atoms with van der Waals surface area (Å²) in [5.41, 5.74) is 0.0202. The van der Waals surface area contributed by atoms with E-state index in [1.807, 2.05) is 0 Å². The van der Waals surface area contributed by atoms with E-state index < -0.39 is 18.2 Å². The number of carbonyl (C=O) groups is 1. The number of hydrogen-bond donors (Lipinski definition) is 1. The minimum Gasteiger partial charge on any atom is -0.469 e. The Hall–Kier alpha value is -1.14. The molecule has 0 radical (unpaired) electrons. The van der Waals surface area contributed by atoms with Crippen LogP contribution in [0.1, 0.15) is 24.8 Å². The van der Waals surface area contributed by atoms with Crippen molar-refractivity contribution in [2.24, 2.45) is 5.41 Å². The second-order valence-corrected chi connectivity index (χ2v) is 6.07. The molecule has 6 heteroatoms. The molecule has 0 spiro atoms. The maximum Gasteiger partial charge on any atom is 0.306 e. The Morgan fingerprint density at radius 3 is 2.45 bits per heavy atom. The zero-order valence-corrected chi connectivity index (χ0v) is 11.9. The lowest BCUT2D eigenvalue weighted by Crippen LogP contribution is -2.13. The summed E-state index contributed by atoms with van der Waals surface area (Å²) in [5.74, 6) is -1.16. The van der Waals surface area contributed by atoms with Crippen LogP contribution in [0.25, 0.3) is 0 Å². The number of rotatable bonds is 6. The summed E-state index contributed by atoms with van der Waals surface area (Å²) in [6.45, 7) is -0.398. The smallest absolute Gasteiger partial charge is 0.306 e. The monoisotopic (exact) mass is 302 g/mol. The number of methoxy groups -OCH3 is 1. The van der Waals surface area contributed by atoms with Gasteiger partial charge in [-0.25, -0.2) is 8.78 Å². The van der Waals surface area contributed by atoms with Crippen LogP contribution < -0.4 is 0 Å². The van der Waals surface area contributed by atoms with Gasteiger partial charge in [0.05, 0.1) is 25.0 Å². The number of aliphatic hydroxyl groups is 1. The fourth-order valence-corrected chi connectivity index (χ4v) is 3.23. The first-order valence-electron chi connectivity index (χ1n) is 6.28. The van der Waals surface area contributed by atoms with Gasteiger partial charge in [-0.15, -0.1) is 11.8 Å². The molecule has 1 aliphatic rings. The number of aliphatic hydroxyl groups excluding tert-OH is 1. The largest absolute Gasteiger partial charge is 0.469 e. The summed E-state index contributed by atoms with van der Waals surface area (Å²) in [6.07, 6.45) is 2.02. The number of hydrogen-bond acceptors (Lipinski definition) is 4. The van der Waals surface area contributed by atoms with E-state index in [4.69, 9.17) is 5.11 Å². The van der Waals surface area contributed by atoms with Crippen LogP contribution in [0.5, 0.6) is 0 Å². The first kappa shape index (κ1) is 15.3. The summed E-state index contributed by atoms with van der Waals surface area (Å²) >= 11 is 1.08. The highest BCUT2D eigenvalue weighted by Crippen LogP contribution is 2.52. The third-order valence-electron chi connectivity index (χ3n) is 3.47. The third kappa shape index (κ3) is 3.49. The van der Waals surface area contributed by atoms with Crippen molar-refractivity contribution in [2.45, 2.75) is 30.8 Å². The van der Waals surface area contributed by atoms with Crippen molar-refractivity contribution in [1.29, 1.82) is 0 Å². The minimum absolute atomic E-state index is 0.0571. The highest BCUT2D eigenvalue weighted by Gasteiger charge is 2.44. The molecule has 1 fully saturated rings. The van der Waals surface area contributed by atoms with Gasteiger partial charge in [-0.1, -0.05) is 0 Å². The summed E-state index contributed by atoms with van der Waals surface area (Å²) in [5, 5.41) is 8.88. The maximum absolute atomic E-state index is 13.8. The fourth-order valence-electron chi connectivity index (χ4n) is 1.99. The zero-order chi connectivity index (χ0) is 14.8. The van der Waals surface area contributed by atoms with Gasteiger partial charge in [0.15, 0.2) is 0 Å². The molecule has 1 saturated carbocycles. The highest BCUT2D eigenvalue weighted by molar-refractivity contribution is 7.99. The van der Waals surface area contributed by atoms with Crippen LogP contribution in [0.2, 0.25) is 0 Å². The van der Waals surface area contributed by atoms with Crippen LogP contribution in [0.3, 0.4) is 0 Å². The Balaban J connectivity index is 2.03. The second-order valence-electron chi connectivity index (χ2n) is 5.09. The van der Waals surface area contributed by atoms with Gasteiger partial charge in [0, 0.05) is 5.75 Å². The van der Waals surface area contributed by atoms with Gasteiger partial charge in [0.1, 0.15) is 11.6 Å². The van der Waals surface area contributed by atoms with Crippen molar-refractivity contribution >= 4 is 17.7 Å². The van der Waals surface area contributed by atoms with Crippen LogP contribution >= 0.6 is 11.8 Å². The minimum atomic E-state index is -0.673. The number of benzene rings is 1. The Morgan fingerprint density at radius 1 is 1.40 bits per heavy atom. The van der Waals surface area contributed by atoms with Gasteiger partial charge in [-0.3, -0.25) is 4.79 Å². The van der Waals surface area contributed by atoms with Crippen molar-refractivity contribution in [3.8, 4) is 0 Å². The van der Waals surface area contributed by atoms with Gasteiger partial charge < -0.3 is 9.84 Å². The molecule has 1 aliphatic carbocycles. The lowest BCUT2D eigenvalue weighted by molar-refractivity contribution is -0.141. The second kappa shape index (κ2) is 6.10. The Kier molecular flexibility index (Phi) is 4.65. The van der Waals surface area contributed by atoms with Gasteiger partial charge >= 0.3 is 5.97 Å². The molecule has 20 heavy (non-hydrogen) atoms. The van der Waals surface area contributed by atoms with E-state index in [-0.39, 0.29) is 28.3 Å². The fraction of sp³-hybridized carbons (Fsp3) is 0.500. The molecular weight excluding hydrogens is 286 g/mol. The van der Waals surface area contributed by atoms with Crippen LogP contribution in [0, 0.1) is 17.0 Å². The molecule has 3 nitrogen and oxygen atoms in total. The summed E-state index contributed by atoms with van der Waals surface area (Å²) < 4.78 is 32.1. The van der Waals surface area contributed by atoms with Gasteiger partial charge in [0.25, 0.3) is 0 Å². The first-order valence-corrected chi connectivity index (χ1v) is 7.27. The van der Waals surface area contributed by atoms with Crippen molar-refractivity contribution in [2.75, 3.05) is 12.9 Å². The van der Waals surface area contributed by atoms with E-state index >= 15 is 0 Å². The van der Waals surface area contributed by atoms with Gasteiger partial charge in [0.2, 0.25) is 0 Å². The van der Waals surface area contributed by atoms with E-state index in [2.05, 4.69) is 4.74 Å². The molecule has 0 saturated heterocycles. The van der Waals surface area contributed by atoms with Crippen molar-refractivity contribution in [3.05, 3.63) is 29.3 Å². The van der Waals surface area contributed by atoms with E-state index in [0.29, 0.717) is 5.75 Å². The lowest BCUT2D eigenvalue weighted by Gasteiger charge is -2.14. The molecule has 0 atom stereocenters. The van der Waals surface area contributed by atoms with E-state index in [9.17, 15) is 13.6 Å². The van der Waals surface area contributed by atoms with Crippen LogP contribution in [-0.4, -0.2) is 23.9 Å². The molecule has 2 rings (SSSR count). The molecule has 0 unspecified atom stereocenters. The quantitative estimate of drug-likeness (QED) is 0.648. The number of esters is 1. The molecule has 0 heterocycles. The Labute approximate surface area is 120 Å². The Bertz CT molecular complexity index is 492. The summed E-state index contributed by atoms with van der Waals surface area (Å²) in [7, 11) is 1.33.